The molecule has 0 fully saturated rings. The summed E-state index contributed by atoms with van der Waals surface area (Å²) >= 11 is 0. The van der Waals surface area contributed by atoms with Crippen molar-refractivity contribution in [2.75, 3.05) is 0 Å². The Labute approximate surface area is 111 Å². The van der Waals surface area contributed by atoms with E-state index in [9.17, 15) is 0 Å². The van der Waals surface area contributed by atoms with E-state index in [4.69, 9.17) is 35.0 Å². The van der Waals surface area contributed by atoms with Crippen LogP contribution in [-0.2, 0) is 20.8 Å². The summed E-state index contributed by atoms with van der Waals surface area (Å²) in [6.07, 6.45) is 0. The molecule has 0 atom stereocenters. The fourth-order valence-corrected chi connectivity index (χ4v) is 0. The summed E-state index contributed by atoms with van der Waals surface area (Å²) in [5.74, 6) is 0. The second kappa shape index (κ2) is 8.91. The van der Waals surface area contributed by atoms with Crippen LogP contribution in [0.1, 0.15) is 0 Å². The molecule has 0 saturated carbocycles. The molecule has 0 aromatic heterocycles. The zero-order valence-corrected chi connectivity index (χ0v) is 6.37. The Morgan fingerprint density at radius 3 is 0.667 bits per heavy atom. The summed E-state index contributed by atoms with van der Waals surface area (Å²) in [5.41, 5.74) is 0. The van der Waals surface area contributed by atoms with E-state index >= 15 is 0 Å². The molecular formula is H7KO9S2. The van der Waals surface area contributed by atoms with Crippen molar-refractivity contribution in [2.24, 2.45) is 0 Å². The van der Waals surface area contributed by atoms with Crippen LogP contribution in [0.5, 0.6) is 0 Å². The maximum absolute atomic E-state index is 8.74. The van der Waals surface area contributed by atoms with Crippen LogP contribution in [0.2, 0.25) is 0 Å². The minimum absolute atomic E-state index is 0. The van der Waals surface area contributed by atoms with Crippen LogP contribution in [0.15, 0.2) is 0 Å². The molecule has 0 unspecified atom stereocenters. The molecule has 0 aliphatic carbocycles. The van der Waals surface area contributed by atoms with Crippen molar-refractivity contribution in [3.8, 4) is 0 Å². The van der Waals surface area contributed by atoms with Crippen LogP contribution in [0, 0.1) is 0 Å². The molecule has 0 amide bonds. The van der Waals surface area contributed by atoms with Gasteiger partial charge in [0.25, 0.3) is 0 Å². The van der Waals surface area contributed by atoms with E-state index in [-0.39, 0.29) is 56.9 Å². The topological polar surface area (TPSA) is 181 Å². The molecule has 0 bridgehead atoms. The van der Waals surface area contributed by atoms with Crippen molar-refractivity contribution in [3.05, 3.63) is 0 Å². The first-order valence-electron chi connectivity index (χ1n) is 1.40. The molecule has 0 rings (SSSR count). The van der Waals surface area contributed by atoms with Gasteiger partial charge >= 0.3 is 72.2 Å². The second-order valence-electron chi connectivity index (χ2n) is 0.896. The van der Waals surface area contributed by atoms with Crippen molar-refractivity contribution in [1.82, 2.24) is 0 Å². The maximum atomic E-state index is 8.74. The zero-order chi connectivity index (χ0) is 9.00. The third kappa shape index (κ3) is 678. The standard InChI is InChI=1S/K.2H2O4S.H2O.H/c;2*1-5(2,3)4;;/h;2*(H2,1,2,3,4);1H2;. The van der Waals surface area contributed by atoms with Crippen molar-refractivity contribution in [3.63, 3.8) is 0 Å². The van der Waals surface area contributed by atoms with Gasteiger partial charge in [0.1, 0.15) is 0 Å². The zero-order valence-electron chi connectivity index (χ0n) is 4.74. The molecule has 12 heteroatoms. The Kier molecular flexibility index (Phi) is 17.3. The molecular weight excluding hydrogens is 247 g/mol. The van der Waals surface area contributed by atoms with Crippen LogP contribution in [0.4, 0.5) is 0 Å². The van der Waals surface area contributed by atoms with Gasteiger partial charge in [0.15, 0.2) is 0 Å². The fourth-order valence-electron chi connectivity index (χ4n) is 0. The van der Waals surface area contributed by atoms with E-state index in [1.165, 1.54) is 0 Å². The van der Waals surface area contributed by atoms with Gasteiger partial charge in [0.2, 0.25) is 0 Å². The molecule has 0 aliphatic rings. The van der Waals surface area contributed by atoms with Gasteiger partial charge in [-0.2, -0.15) is 16.8 Å². The van der Waals surface area contributed by atoms with E-state index in [0.717, 1.165) is 0 Å². The normalized spacial score (nSPS) is 9.67. The molecule has 74 valence electrons. The molecule has 0 radical (unpaired) electrons. The van der Waals surface area contributed by atoms with E-state index in [1.807, 2.05) is 0 Å². The molecule has 0 saturated heterocycles. The monoisotopic (exact) mass is 254 g/mol. The minimum atomic E-state index is -4.67. The summed E-state index contributed by atoms with van der Waals surface area (Å²) in [5, 5.41) is 0. The molecule has 0 aliphatic heterocycles. The van der Waals surface area contributed by atoms with Gasteiger partial charge in [-0.05, 0) is 0 Å². The summed E-state index contributed by atoms with van der Waals surface area (Å²) < 4.78 is 63.2. The third-order valence-electron chi connectivity index (χ3n) is 0. The van der Waals surface area contributed by atoms with E-state index < -0.39 is 20.8 Å². The molecule has 0 spiro atoms. The number of hydrogen-bond donors (Lipinski definition) is 4. The second-order valence-corrected chi connectivity index (χ2v) is 2.69. The first kappa shape index (κ1) is 23.3. The van der Waals surface area contributed by atoms with Crippen LogP contribution < -0.4 is 0 Å². The average molecular weight is 254 g/mol. The predicted octanol–water partition coefficient (Wildman–Crippen LogP) is -2.78. The number of rotatable bonds is 0. The van der Waals surface area contributed by atoms with E-state index in [0.29, 0.717) is 0 Å². The van der Waals surface area contributed by atoms with E-state index in [2.05, 4.69) is 0 Å². The van der Waals surface area contributed by atoms with Crippen molar-refractivity contribution in [2.45, 2.75) is 0 Å². The van der Waals surface area contributed by atoms with Crippen LogP contribution in [-0.4, -0.2) is 91.9 Å². The quantitative estimate of drug-likeness (QED) is 0.264. The molecule has 9 nitrogen and oxygen atoms in total. The van der Waals surface area contributed by atoms with Gasteiger partial charge in [-0.15, -0.1) is 0 Å². The first-order chi connectivity index (χ1) is 4.00. The summed E-state index contributed by atoms with van der Waals surface area (Å²) in [6.45, 7) is 0. The van der Waals surface area contributed by atoms with Gasteiger partial charge in [0, 0.05) is 0 Å². The van der Waals surface area contributed by atoms with Gasteiger partial charge in [0.05, 0.1) is 0 Å². The fraction of sp³-hybridized carbons (Fsp3) is 0. The molecule has 0 heterocycles. The molecule has 0 aromatic carbocycles. The summed E-state index contributed by atoms with van der Waals surface area (Å²) in [6, 6.07) is 0. The summed E-state index contributed by atoms with van der Waals surface area (Å²) in [4.78, 5) is 0. The molecule has 0 aromatic rings. The van der Waals surface area contributed by atoms with Crippen LogP contribution in [0.3, 0.4) is 0 Å². The Hall–Kier alpha value is 1.34. The van der Waals surface area contributed by atoms with Crippen LogP contribution in [0.25, 0.3) is 0 Å². The Morgan fingerprint density at radius 2 is 0.667 bits per heavy atom. The SMILES string of the molecule is O.O=S(=O)(O)O.O=S(=O)(O)O.[KH]. The number of hydrogen-bond acceptors (Lipinski definition) is 4. The van der Waals surface area contributed by atoms with Gasteiger partial charge < -0.3 is 5.48 Å². The predicted molar refractivity (Wildman–Crippen MR) is 39.1 cm³/mol. The van der Waals surface area contributed by atoms with Crippen molar-refractivity contribution < 1.29 is 40.5 Å². The Bertz CT molecular complexity index is 209. The van der Waals surface area contributed by atoms with Crippen LogP contribution >= 0.6 is 0 Å². The Morgan fingerprint density at radius 1 is 0.667 bits per heavy atom. The van der Waals surface area contributed by atoms with Gasteiger partial charge in [-0.25, -0.2) is 0 Å². The first-order valence-corrected chi connectivity index (χ1v) is 4.19. The van der Waals surface area contributed by atoms with Gasteiger partial charge in [-0.1, -0.05) is 0 Å². The molecule has 6 N–H and O–H groups in total. The van der Waals surface area contributed by atoms with Gasteiger partial charge in [-0.3, -0.25) is 18.2 Å². The van der Waals surface area contributed by atoms with Crippen molar-refractivity contribution >= 4 is 72.2 Å². The third-order valence-corrected chi connectivity index (χ3v) is 0. The van der Waals surface area contributed by atoms with E-state index in [1.54, 1.807) is 0 Å². The molecule has 12 heavy (non-hydrogen) atoms. The summed E-state index contributed by atoms with van der Waals surface area (Å²) in [7, 11) is -9.33. The Balaban J connectivity index is -0.0000000457. The average Bonchev–Trinajstić information content (AvgIpc) is 1.12. The van der Waals surface area contributed by atoms with Crippen molar-refractivity contribution in [1.29, 1.82) is 0 Å².